The lowest BCUT2D eigenvalue weighted by atomic mass is 9.98. The van der Waals surface area contributed by atoms with Crippen LogP contribution >= 0.6 is 0 Å². The molecule has 0 amide bonds. The summed E-state index contributed by atoms with van der Waals surface area (Å²) in [5.41, 5.74) is 1.75. The second kappa shape index (κ2) is 3.58. The Morgan fingerprint density at radius 1 is 1.73 bits per heavy atom. The fraction of sp³-hybridized carbons (Fsp3) is 0.500. The first-order valence-electron chi connectivity index (χ1n) is 4.85. The quantitative estimate of drug-likeness (QED) is 0.485. The van der Waals surface area contributed by atoms with E-state index in [4.69, 9.17) is 10.6 Å². The van der Waals surface area contributed by atoms with Gasteiger partial charge in [0.15, 0.2) is 0 Å². The summed E-state index contributed by atoms with van der Waals surface area (Å²) in [6.45, 7) is 0.576. The molecule has 2 rings (SSSR count). The summed E-state index contributed by atoms with van der Waals surface area (Å²) >= 11 is 0. The van der Waals surface area contributed by atoms with Gasteiger partial charge in [-0.3, -0.25) is 4.79 Å². The minimum Gasteiger partial charge on any atom is -0.506 e. The maximum Gasteiger partial charge on any atom is 0.313 e. The molecule has 3 N–H and O–H groups in total. The molecule has 1 atom stereocenters. The van der Waals surface area contributed by atoms with Gasteiger partial charge in [0.25, 0.3) is 0 Å². The Morgan fingerprint density at radius 2 is 2.47 bits per heavy atom. The number of nitrogens with zero attached hydrogens (tertiary/aromatic N) is 1. The number of allylic oxidation sites excluding steroid dienone is 1. The van der Waals surface area contributed by atoms with Crippen molar-refractivity contribution in [3.8, 4) is 0 Å². The Balaban J connectivity index is 2.29. The maximum absolute atomic E-state index is 11.5. The second-order valence-electron chi connectivity index (χ2n) is 3.82. The maximum atomic E-state index is 11.5. The number of nitrogens with two attached hydrogens (primary N) is 1. The van der Waals surface area contributed by atoms with Crippen molar-refractivity contribution in [3.63, 3.8) is 0 Å². The number of ether oxygens (including phenoxy) is 1. The highest BCUT2D eigenvalue weighted by atomic mass is 16.5. The third-order valence-electron chi connectivity index (χ3n) is 2.89. The largest absolute Gasteiger partial charge is 0.506 e. The first kappa shape index (κ1) is 10.0. The van der Waals surface area contributed by atoms with Gasteiger partial charge < -0.3 is 14.9 Å². The van der Waals surface area contributed by atoms with E-state index in [-0.39, 0.29) is 17.6 Å². The Kier molecular flexibility index (Phi) is 2.40. The highest BCUT2D eigenvalue weighted by Gasteiger charge is 2.36. The smallest absolute Gasteiger partial charge is 0.313 e. The number of carbonyl (C=O) groups is 1. The lowest BCUT2D eigenvalue weighted by Crippen LogP contribution is -2.31. The Hall–Kier alpha value is -1.49. The van der Waals surface area contributed by atoms with Crippen molar-refractivity contribution in [1.82, 2.24) is 5.01 Å². The number of hydrogen-bond acceptors (Lipinski definition) is 5. The van der Waals surface area contributed by atoms with Gasteiger partial charge in [-0.05, 0) is 18.4 Å². The van der Waals surface area contributed by atoms with E-state index in [9.17, 15) is 9.90 Å². The van der Waals surface area contributed by atoms with Crippen LogP contribution in [-0.4, -0.2) is 29.7 Å². The predicted molar refractivity (Wildman–Crippen MR) is 53.4 cm³/mol. The van der Waals surface area contributed by atoms with Crippen molar-refractivity contribution >= 4 is 5.97 Å². The molecule has 0 fully saturated rings. The van der Waals surface area contributed by atoms with Crippen LogP contribution in [0.15, 0.2) is 23.1 Å². The highest BCUT2D eigenvalue weighted by Crippen LogP contribution is 2.38. The lowest BCUT2D eigenvalue weighted by molar-refractivity contribution is -0.144. The summed E-state index contributed by atoms with van der Waals surface area (Å²) in [5.74, 6) is 5.06. The molecule has 1 aliphatic carbocycles. The fourth-order valence-electron chi connectivity index (χ4n) is 2.24. The molecule has 15 heavy (non-hydrogen) atoms. The average Bonchev–Trinajstić information content (AvgIpc) is 2.60. The molecule has 0 aromatic carbocycles. The van der Waals surface area contributed by atoms with Gasteiger partial charge in [0.05, 0.1) is 25.8 Å². The number of hydrogen-bond donors (Lipinski definition) is 2. The molecule has 0 aromatic rings. The van der Waals surface area contributed by atoms with E-state index in [1.54, 1.807) is 0 Å². The molecule has 0 bridgehead atoms. The van der Waals surface area contributed by atoms with Crippen LogP contribution in [0.1, 0.15) is 12.8 Å². The number of aliphatic hydroxyl groups is 1. The zero-order chi connectivity index (χ0) is 11.0. The number of esters is 1. The Bertz CT molecular complexity index is 360. The number of carbonyl (C=O) groups excluding carboxylic acids is 1. The van der Waals surface area contributed by atoms with Gasteiger partial charge in [-0.2, -0.15) is 0 Å². The summed E-state index contributed by atoms with van der Waals surface area (Å²) < 4.78 is 4.70. The third-order valence-corrected chi connectivity index (χ3v) is 2.89. The van der Waals surface area contributed by atoms with Crippen LogP contribution in [0.3, 0.4) is 0 Å². The van der Waals surface area contributed by atoms with E-state index in [0.717, 1.165) is 12.0 Å². The van der Waals surface area contributed by atoms with Crippen molar-refractivity contribution in [2.24, 2.45) is 11.8 Å². The van der Waals surface area contributed by atoms with Crippen molar-refractivity contribution < 1.29 is 14.6 Å². The van der Waals surface area contributed by atoms with Crippen molar-refractivity contribution in [3.05, 3.63) is 23.1 Å². The van der Waals surface area contributed by atoms with Crippen molar-refractivity contribution in [2.45, 2.75) is 12.8 Å². The topological polar surface area (TPSA) is 75.8 Å². The zero-order valence-corrected chi connectivity index (χ0v) is 8.56. The number of rotatable bonds is 1. The van der Waals surface area contributed by atoms with Crippen LogP contribution in [-0.2, 0) is 9.53 Å². The summed E-state index contributed by atoms with van der Waals surface area (Å²) in [5, 5.41) is 11.2. The van der Waals surface area contributed by atoms with Gasteiger partial charge in [0.2, 0.25) is 0 Å². The molecule has 1 aliphatic heterocycles. The molecule has 1 heterocycles. The molecule has 5 nitrogen and oxygen atoms in total. The molecule has 0 saturated carbocycles. The first-order chi connectivity index (χ1) is 7.13. The summed E-state index contributed by atoms with van der Waals surface area (Å²) in [4.78, 5) is 11.5. The molecule has 0 saturated heterocycles. The van der Waals surface area contributed by atoms with Crippen LogP contribution in [0.25, 0.3) is 0 Å². The molecular formula is C10H14N2O3. The second-order valence-corrected chi connectivity index (χ2v) is 3.82. The van der Waals surface area contributed by atoms with Crippen LogP contribution < -0.4 is 5.84 Å². The molecule has 1 unspecified atom stereocenters. The monoisotopic (exact) mass is 210 g/mol. The minimum atomic E-state index is -0.324. The minimum absolute atomic E-state index is 0.0895. The van der Waals surface area contributed by atoms with Gasteiger partial charge in [0.1, 0.15) is 5.76 Å². The Morgan fingerprint density at radius 3 is 3.13 bits per heavy atom. The average molecular weight is 210 g/mol. The predicted octanol–water partition coefficient (Wildman–Crippen LogP) is 0.455. The standard InChI is InChI=1S/C10H14N2O3/c1-15-10(14)7-3-2-6-4-12(11)5-8(13)9(6)7/h5,7,13H,2-4,11H2,1H3. The van der Waals surface area contributed by atoms with Gasteiger partial charge in [0, 0.05) is 5.57 Å². The van der Waals surface area contributed by atoms with E-state index in [2.05, 4.69) is 0 Å². The Labute approximate surface area is 87.8 Å². The molecule has 0 aromatic heterocycles. The molecule has 82 valence electrons. The van der Waals surface area contributed by atoms with Crippen molar-refractivity contribution in [1.29, 1.82) is 0 Å². The molecule has 5 heteroatoms. The van der Waals surface area contributed by atoms with E-state index < -0.39 is 0 Å². The van der Waals surface area contributed by atoms with E-state index in [1.807, 2.05) is 0 Å². The summed E-state index contributed by atoms with van der Waals surface area (Å²) in [6, 6.07) is 0. The highest BCUT2D eigenvalue weighted by molar-refractivity contribution is 5.78. The third kappa shape index (κ3) is 1.59. The first-order valence-corrected chi connectivity index (χ1v) is 4.85. The van der Waals surface area contributed by atoms with Gasteiger partial charge in [-0.25, -0.2) is 5.84 Å². The van der Waals surface area contributed by atoms with E-state index in [0.29, 0.717) is 18.5 Å². The molecule has 0 radical (unpaired) electrons. The summed E-state index contributed by atoms with van der Waals surface area (Å²) in [7, 11) is 1.36. The van der Waals surface area contributed by atoms with Crippen LogP contribution in [0.4, 0.5) is 0 Å². The number of aliphatic hydroxyl groups excluding tert-OH is 1. The molecular weight excluding hydrogens is 196 g/mol. The van der Waals surface area contributed by atoms with E-state index in [1.165, 1.54) is 18.3 Å². The van der Waals surface area contributed by atoms with Gasteiger partial charge in [-0.1, -0.05) is 0 Å². The lowest BCUT2D eigenvalue weighted by Gasteiger charge is -2.23. The summed E-state index contributed by atoms with van der Waals surface area (Å²) in [6.07, 6.45) is 2.93. The van der Waals surface area contributed by atoms with Gasteiger partial charge in [-0.15, -0.1) is 0 Å². The van der Waals surface area contributed by atoms with Crippen molar-refractivity contribution in [2.75, 3.05) is 13.7 Å². The van der Waals surface area contributed by atoms with Crippen LogP contribution in [0, 0.1) is 5.92 Å². The molecule has 2 aliphatic rings. The number of methoxy groups -OCH3 is 1. The normalized spacial score (nSPS) is 25.1. The van der Waals surface area contributed by atoms with E-state index >= 15 is 0 Å². The fourth-order valence-corrected chi connectivity index (χ4v) is 2.24. The van der Waals surface area contributed by atoms with Gasteiger partial charge >= 0.3 is 5.97 Å². The molecule has 0 spiro atoms. The zero-order valence-electron chi connectivity index (χ0n) is 8.56. The SMILES string of the molecule is COC(=O)C1CCC2=C1C(O)=CN(N)C2. The van der Waals surface area contributed by atoms with Crippen LogP contribution in [0.5, 0.6) is 0 Å². The number of hydrazine groups is 1. The van der Waals surface area contributed by atoms with Crippen LogP contribution in [0.2, 0.25) is 0 Å².